The van der Waals surface area contributed by atoms with Gasteiger partial charge in [-0.15, -0.1) is 0 Å². The third-order valence-electron chi connectivity index (χ3n) is 6.14. The summed E-state index contributed by atoms with van der Waals surface area (Å²) in [7, 11) is 2.16. The largest absolute Gasteiger partial charge is 0.344 e. The van der Waals surface area contributed by atoms with Crippen molar-refractivity contribution in [2.45, 2.75) is 0 Å². The van der Waals surface area contributed by atoms with Crippen molar-refractivity contribution in [3.63, 3.8) is 0 Å². The Kier molecular flexibility index (Phi) is 4.03. The SMILES string of the molecule is Cn1c2ccc(N(c3ccccc3)c3ccccc3)cc2c2cc3ccccc3cc21. The number of hydrogen-bond acceptors (Lipinski definition) is 1. The van der Waals surface area contributed by atoms with E-state index in [1.54, 1.807) is 0 Å². The predicted octanol–water partition coefficient (Wildman–Crippen LogP) is 7.95. The number of benzene rings is 5. The minimum atomic E-state index is 1.15. The van der Waals surface area contributed by atoms with Crippen LogP contribution in [0.25, 0.3) is 32.6 Å². The summed E-state index contributed by atoms with van der Waals surface area (Å²) in [5.41, 5.74) is 5.97. The average molecular weight is 399 g/mol. The zero-order valence-electron chi connectivity index (χ0n) is 17.4. The Morgan fingerprint density at radius 2 is 1.03 bits per heavy atom. The highest BCUT2D eigenvalue weighted by molar-refractivity contribution is 6.13. The Morgan fingerprint density at radius 3 is 1.68 bits per heavy atom. The maximum absolute atomic E-state index is 2.33. The number of anilines is 3. The van der Waals surface area contributed by atoms with E-state index in [-0.39, 0.29) is 0 Å². The number of para-hydroxylation sites is 2. The summed E-state index contributed by atoms with van der Waals surface area (Å²) in [6, 6.07) is 41.1. The van der Waals surface area contributed by atoms with Crippen LogP contribution in [0.2, 0.25) is 0 Å². The molecule has 0 fully saturated rings. The highest BCUT2D eigenvalue weighted by Gasteiger charge is 2.15. The first-order valence-corrected chi connectivity index (χ1v) is 10.6. The second kappa shape index (κ2) is 7.03. The number of nitrogens with zero attached hydrogens (tertiary/aromatic N) is 2. The van der Waals surface area contributed by atoms with Gasteiger partial charge in [0.25, 0.3) is 0 Å². The predicted molar refractivity (Wildman–Crippen MR) is 133 cm³/mol. The fourth-order valence-electron chi connectivity index (χ4n) is 4.62. The van der Waals surface area contributed by atoms with E-state index >= 15 is 0 Å². The summed E-state index contributed by atoms with van der Waals surface area (Å²) in [6.45, 7) is 0. The van der Waals surface area contributed by atoms with Gasteiger partial charge in [0, 0.05) is 45.9 Å². The van der Waals surface area contributed by atoms with Crippen LogP contribution in [0.5, 0.6) is 0 Å². The molecule has 0 saturated heterocycles. The summed E-state index contributed by atoms with van der Waals surface area (Å²) < 4.78 is 2.30. The second-order valence-corrected chi connectivity index (χ2v) is 7.98. The maximum Gasteiger partial charge on any atom is 0.0495 e. The molecule has 0 atom stereocenters. The highest BCUT2D eigenvalue weighted by Crippen LogP contribution is 2.38. The van der Waals surface area contributed by atoms with E-state index in [1.807, 2.05) is 0 Å². The molecule has 31 heavy (non-hydrogen) atoms. The Labute approximate surface area is 181 Å². The van der Waals surface area contributed by atoms with Gasteiger partial charge in [-0.1, -0.05) is 60.7 Å². The normalized spacial score (nSPS) is 11.4. The van der Waals surface area contributed by atoms with Crippen molar-refractivity contribution >= 4 is 49.6 Å². The Balaban J connectivity index is 1.63. The Hall–Kier alpha value is -4.04. The first-order valence-electron chi connectivity index (χ1n) is 10.6. The molecule has 0 amide bonds. The second-order valence-electron chi connectivity index (χ2n) is 7.98. The first kappa shape index (κ1) is 17.8. The van der Waals surface area contributed by atoms with Gasteiger partial charge in [-0.2, -0.15) is 0 Å². The van der Waals surface area contributed by atoms with E-state index in [2.05, 4.69) is 132 Å². The zero-order valence-corrected chi connectivity index (χ0v) is 17.4. The molecular weight excluding hydrogens is 376 g/mol. The number of fused-ring (bicyclic) bond motifs is 4. The Morgan fingerprint density at radius 1 is 0.484 bits per heavy atom. The summed E-state index contributed by atoms with van der Waals surface area (Å²) in [4.78, 5) is 2.32. The number of hydrogen-bond donors (Lipinski definition) is 0. The topological polar surface area (TPSA) is 8.17 Å². The fraction of sp³-hybridized carbons (Fsp3) is 0.0345. The molecular formula is C29H22N2. The van der Waals surface area contributed by atoms with Gasteiger partial charge in [-0.3, -0.25) is 0 Å². The maximum atomic E-state index is 2.33. The van der Waals surface area contributed by atoms with Crippen LogP contribution in [0.3, 0.4) is 0 Å². The lowest BCUT2D eigenvalue weighted by Gasteiger charge is -2.25. The lowest BCUT2D eigenvalue weighted by molar-refractivity contribution is 1.01. The fourth-order valence-corrected chi connectivity index (χ4v) is 4.62. The van der Waals surface area contributed by atoms with Crippen LogP contribution < -0.4 is 4.90 Å². The standard InChI is InChI=1S/C29H22N2/c1-30-28-17-16-25(31(23-12-4-2-5-13-23)24-14-6-3-7-15-24)20-27(28)26-18-21-10-8-9-11-22(21)19-29(26)30/h2-20H,1H3. The number of rotatable bonds is 3. The molecule has 0 spiro atoms. The zero-order chi connectivity index (χ0) is 20.8. The molecule has 0 bridgehead atoms. The van der Waals surface area contributed by atoms with Gasteiger partial charge in [-0.05, 0) is 65.4 Å². The third kappa shape index (κ3) is 2.88. The smallest absolute Gasteiger partial charge is 0.0495 e. The van der Waals surface area contributed by atoms with Crippen molar-refractivity contribution in [3.8, 4) is 0 Å². The highest BCUT2D eigenvalue weighted by atomic mass is 15.1. The van der Waals surface area contributed by atoms with E-state index in [0.717, 1.165) is 17.1 Å². The monoisotopic (exact) mass is 398 g/mol. The van der Waals surface area contributed by atoms with Gasteiger partial charge in [0.05, 0.1) is 0 Å². The summed E-state index contributed by atoms with van der Waals surface area (Å²) in [5, 5.41) is 5.11. The average Bonchev–Trinajstić information content (AvgIpc) is 3.10. The molecule has 0 saturated carbocycles. The van der Waals surface area contributed by atoms with Crippen molar-refractivity contribution in [3.05, 3.63) is 115 Å². The van der Waals surface area contributed by atoms with Crippen LogP contribution in [0.1, 0.15) is 0 Å². The molecule has 1 aromatic heterocycles. The van der Waals surface area contributed by atoms with Crippen LogP contribution in [-0.2, 0) is 7.05 Å². The molecule has 2 nitrogen and oxygen atoms in total. The minimum Gasteiger partial charge on any atom is -0.344 e. The molecule has 2 heteroatoms. The lowest BCUT2D eigenvalue weighted by atomic mass is 10.1. The van der Waals surface area contributed by atoms with Gasteiger partial charge in [0.15, 0.2) is 0 Å². The molecule has 0 unspecified atom stereocenters. The van der Waals surface area contributed by atoms with Crippen LogP contribution in [0.15, 0.2) is 115 Å². The van der Waals surface area contributed by atoms with E-state index in [0.29, 0.717) is 0 Å². The van der Waals surface area contributed by atoms with Crippen LogP contribution >= 0.6 is 0 Å². The molecule has 0 aliphatic rings. The molecule has 148 valence electrons. The Bertz CT molecular complexity index is 1490. The van der Waals surface area contributed by atoms with Gasteiger partial charge in [0.1, 0.15) is 0 Å². The van der Waals surface area contributed by atoms with Gasteiger partial charge in [-0.25, -0.2) is 0 Å². The quantitative estimate of drug-likeness (QED) is 0.293. The molecule has 6 rings (SSSR count). The molecule has 0 radical (unpaired) electrons. The van der Waals surface area contributed by atoms with Crippen molar-refractivity contribution in [1.82, 2.24) is 4.57 Å². The van der Waals surface area contributed by atoms with E-state index in [4.69, 9.17) is 0 Å². The summed E-state index contributed by atoms with van der Waals surface area (Å²) in [5.74, 6) is 0. The molecule has 1 heterocycles. The summed E-state index contributed by atoms with van der Waals surface area (Å²) >= 11 is 0. The number of aryl methyl sites for hydroxylation is 1. The molecule has 6 aromatic rings. The van der Waals surface area contributed by atoms with Crippen molar-refractivity contribution < 1.29 is 0 Å². The minimum absolute atomic E-state index is 1.15. The van der Waals surface area contributed by atoms with Crippen LogP contribution in [-0.4, -0.2) is 4.57 Å². The van der Waals surface area contributed by atoms with E-state index < -0.39 is 0 Å². The van der Waals surface area contributed by atoms with Crippen molar-refractivity contribution in [2.24, 2.45) is 7.05 Å². The first-order chi connectivity index (χ1) is 15.3. The molecule has 0 aliphatic heterocycles. The lowest BCUT2D eigenvalue weighted by Crippen LogP contribution is -2.09. The van der Waals surface area contributed by atoms with Crippen molar-refractivity contribution in [1.29, 1.82) is 0 Å². The van der Waals surface area contributed by atoms with Gasteiger partial charge < -0.3 is 9.47 Å². The van der Waals surface area contributed by atoms with E-state index in [9.17, 15) is 0 Å². The van der Waals surface area contributed by atoms with Crippen LogP contribution in [0, 0.1) is 0 Å². The number of aromatic nitrogens is 1. The van der Waals surface area contributed by atoms with Crippen molar-refractivity contribution in [2.75, 3.05) is 4.90 Å². The molecule has 0 aliphatic carbocycles. The van der Waals surface area contributed by atoms with Gasteiger partial charge >= 0.3 is 0 Å². The molecule has 5 aromatic carbocycles. The third-order valence-corrected chi connectivity index (χ3v) is 6.14. The van der Waals surface area contributed by atoms with Crippen LogP contribution in [0.4, 0.5) is 17.1 Å². The van der Waals surface area contributed by atoms with Gasteiger partial charge in [0.2, 0.25) is 0 Å². The molecule has 0 N–H and O–H groups in total. The summed E-state index contributed by atoms with van der Waals surface area (Å²) in [6.07, 6.45) is 0. The van der Waals surface area contributed by atoms with E-state index in [1.165, 1.54) is 32.6 Å².